The van der Waals surface area contributed by atoms with Crippen molar-refractivity contribution in [1.29, 1.82) is 0 Å². The van der Waals surface area contributed by atoms with E-state index in [2.05, 4.69) is 31.7 Å². The van der Waals surface area contributed by atoms with Crippen molar-refractivity contribution in [2.75, 3.05) is 54.2 Å². The molecular weight excluding hydrogens is 551 g/mol. The van der Waals surface area contributed by atoms with Crippen molar-refractivity contribution in [2.24, 2.45) is 0 Å². The molecule has 0 saturated carbocycles. The van der Waals surface area contributed by atoms with E-state index in [1.165, 1.54) is 34.6 Å². The monoisotopic (exact) mass is 596 g/mol. The van der Waals surface area contributed by atoms with Crippen molar-refractivity contribution in [1.82, 2.24) is 0 Å². The van der Waals surface area contributed by atoms with E-state index < -0.39 is 33.2 Å². The van der Waals surface area contributed by atoms with Gasteiger partial charge in [0.1, 0.15) is 0 Å². The first-order chi connectivity index (χ1) is 13.9. The van der Waals surface area contributed by atoms with Crippen LogP contribution < -0.4 is 0 Å². The normalized spacial score (nSPS) is 13.2. The fourth-order valence-corrected chi connectivity index (χ4v) is 41.6. The van der Waals surface area contributed by atoms with Crippen molar-refractivity contribution < 1.29 is 26.6 Å². The predicted molar refractivity (Wildman–Crippen MR) is 133 cm³/mol. The van der Waals surface area contributed by atoms with Crippen LogP contribution in [0.15, 0.2) is 0 Å². The molecule has 0 fully saturated rings. The fourth-order valence-electron chi connectivity index (χ4n) is 3.18. The molecule has 0 radical (unpaired) electrons. The van der Waals surface area contributed by atoms with Gasteiger partial charge in [-0.2, -0.15) is 0 Å². The summed E-state index contributed by atoms with van der Waals surface area (Å²) in [7, 11) is 9.71. The van der Waals surface area contributed by atoms with E-state index in [4.69, 9.17) is 26.6 Å². The summed E-state index contributed by atoms with van der Waals surface area (Å²) >= 11 is -2.46. The Balaban J connectivity index is 5.20. The number of hydrogen-bond acceptors (Lipinski definition) is 8. The van der Waals surface area contributed by atoms with E-state index in [-0.39, 0.29) is 0 Å². The fraction of sp³-hybridized carbons (Fsp3) is 1.00. The van der Waals surface area contributed by atoms with Crippen LogP contribution in [0.5, 0.6) is 0 Å². The third-order valence-electron chi connectivity index (χ3n) is 5.24. The second-order valence-corrected chi connectivity index (χ2v) is 39.7. The maximum absolute atomic E-state index is 5.64. The van der Waals surface area contributed by atoms with Crippen LogP contribution in [-0.2, 0) is 26.6 Å². The average Bonchev–Trinajstić information content (AvgIpc) is 2.77. The molecule has 0 spiro atoms. The molecule has 0 saturated heterocycles. The molecule has 11 heteroatoms. The first-order valence-corrected chi connectivity index (χ1v) is 27.4. The van der Waals surface area contributed by atoms with Gasteiger partial charge in [0.2, 0.25) is 0 Å². The molecule has 0 amide bonds. The van der Waals surface area contributed by atoms with Crippen LogP contribution in [0.2, 0.25) is 21.0 Å². The van der Waals surface area contributed by atoms with Gasteiger partial charge in [0.05, 0.1) is 0 Å². The zero-order valence-corrected chi connectivity index (χ0v) is 26.3. The molecule has 0 bridgehead atoms. The Kier molecular flexibility index (Phi) is 18.2. The Morgan fingerprint density at radius 2 is 0.897 bits per heavy atom. The van der Waals surface area contributed by atoms with E-state index in [1.807, 2.05) is 0 Å². The number of hydrogen-bond donors (Lipinski definition) is 0. The van der Waals surface area contributed by atoms with Gasteiger partial charge in [-0.25, -0.2) is 0 Å². The zero-order valence-electron chi connectivity index (χ0n) is 19.8. The molecule has 0 aliphatic carbocycles. The summed E-state index contributed by atoms with van der Waals surface area (Å²) < 4.78 is 36.6. The standard InChI is InChI=1S/2C5H14O3SSi.2C4H9.Sn/c2*1-6-10(7-2,8-3)5-4-9;2*1-3-4-2;/h2*9H,4-5H2,1-3H3;2*1,3-4H2,2H3;/q;;;;+2/p-2. The van der Waals surface area contributed by atoms with E-state index in [9.17, 15) is 0 Å². The molecule has 6 nitrogen and oxygen atoms in total. The molecule has 0 aromatic carbocycles. The molecule has 0 unspecified atom stereocenters. The number of unbranched alkanes of at least 4 members (excludes halogenated alkanes) is 2. The predicted octanol–water partition coefficient (Wildman–Crippen LogP) is 5.25. The summed E-state index contributed by atoms with van der Waals surface area (Å²) in [6, 6.07) is 1.73. The summed E-state index contributed by atoms with van der Waals surface area (Å²) in [5, 5.41) is 0. The summed E-state index contributed by atoms with van der Waals surface area (Å²) in [4.78, 5) is 0. The van der Waals surface area contributed by atoms with Crippen LogP contribution in [0.4, 0.5) is 0 Å². The van der Waals surface area contributed by atoms with Crippen molar-refractivity contribution in [3.8, 4) is 0 Å². The van der Waals surface area contributed by atoms with E-state index in [0.717, 1.165) is 23.6 Å². The van der Waals surface area contributed by atoms with E-state index >= 15 is 0 Å². The van der Waals surface area contributed by atoms with Crippen LogP contribution in [0.25, 0.3) is 0 Å². The molecule has 176 valence electrons. The first kappa shape index (κ1) is 30.7. The minimum atomic E-state index is -2.51. The Morgan fingerprint density at radius 3 is 1.14 bits per heavy atom. The van der Waals surface area contributed by atoms with Crippen molar-refractivity contribution in [3.63, 3.8) is 0 Å². The van der Waals surface area contributed by atoms with Crippen molar-refractivity contribution in [3.05, 3.63) is 0 Å². The summed E-state index contributed by atoms with van der Waals surface area (Å²) in [6.07, 6.45) is 5.16. The zero-order chi connectivity index (χ0) is 22.2. The second kappa shape index (κ2) is 17.2. The second-order valence-electron chi connectivity index (χ2n) is 6.91. The van der Waals surface area contributed by atoms with Crippen molar-refractivity contribution in [2.45, 2.75) is 60.5 Å². The Labute approximate surface area is 191 Å². The molecule has 0 N–H and O–H groups in total. The van der Waals surface area contributed by atoms with Crippen LogP contribution in [0, 0.1) is 0 Å². The van der Waals surface area contributed by atoms with Gasteiger partial charge in [0, 0.05) is 0 Å². The molecular formula is C18H44O6S2Si2Sn. The Morgan fingerprint density at radius 1 is 0.586 bits per heavy atom. The van der Waals surface area contributed by atoms with Gasteiger partial charge >= 0.3 is 192 Å². The Bertz CT molecular complexity index is 352. The van der Waals surface area contributed by atoms with Crippen LogP contribution >= 0.6 is 17.9 Å². The van der Waals surface area contributed by atoms with Crippen LogP contribution in [0.3, 0.4) is 0 Å². The summed E-state index contributed by atoms with van der Waals surface area (Å²) in [5.41, 5.74) is 0. The molecule has 0 aromatic heterocycles. The van der Waals surface area contributed by atoms with E-state index in [0.29, 0.717) is 0 Å². The van der Waals surface area contributed by atoms with Gasteiger partial charge < -0.3 is 0 Å². The van der Waals surface area contributed by atoms with Gasteiger partial charge in [0.15, 0.2) is 0 Å². The van der Waals surface area contributed by atoms with E-state index in [1.54, 1.807) is 42.7 Å². The van der Waals surface area contributed by atoms with Gasteiger partial charge in [-0.15, -0.1) is 0 Å². The van der Waals surface area contributed by atoms with Crippen LogP contribution in [-0.4, -0.2) is 87.4 Å². The average molecular weight is 596 g/mol. The maximum atomic E-state index is 5.64. The molecule has 0 aliphatic heterocycles. The molecule has 0 atom stereocenters. The number of rotatable bonds is 20. The third-order valence-corrected chi connectivity index (χ3v) is 42.4. The first-order valence-electron chi connectivity index (χ1n) is 10.5. The quantitative estimate of drug-likeness (QED) is 0.177. The SMILES string of the molecule is CCC[CH2][Sn]([CH2]CCC)([S]CC[Si](OC)(OC)OC)[S]CC[Si](OC)(OC)OC. The Hall–Kier alpha value is 1.69. The van der Waals surface area contributed by atoms with Gasteiger partial charge in [-0.05, 0) is 0 Å². The van der Waals surface area contributed by atoms with Crippen LogP contribution in [0.1, 0.15) is 39.5 Å². The third kappa shape index (κ3) is 10.9. The topological polar surface area (TPSA) is 55.4 Å². The molecule has 0 aliphatic rings. The summed E-state index contributed by atoms with van der Waals surface area (Å²) in [5.74, 6) is 2.11. The molecule has 29 heavy (non-hydrogen) atoms. The molecule has 0 heterocycles. The summed E-state index contributed by atoms with van der Waals surface area (Å²) in [6.45, 7) is 4.59. The van der Waals surface area contributed by atoms with Crippen molar-refractivity contribution >= 4 is 51.1 Å². The minimum absolute atomic E-state index is 0.867. The molecule has 0 aromatic rings. The van der Waals surface area contributed by atoms with Gasteiger partial charge in [-0.1, -0.05) is 0 Å². The molecule has 0 rings (SSSR count). The van der Waals surface area contributed by atoms with Gasteiger partial charge in [0.25, 0.3) is 0 Å². The van der Waals surface area contributed by atoms with Gasteiger partial charge in [-0.3, -0.25) is 0 Å².